The molecule has 0 saturated heterocycles. The zero-order valence-corrected chi connectivity index (χ0v) is 12.2. The molecule has 0 spiro atoms. The molecule has 0 bridgehead atoms. The Kier molecular flexibility index (Phi) is 4.42. The van der Waals surface area contributed by atoms with E-state index in [4.69, 9.17) is 4.74 Å². The standard InChI is InChI=1S/C14H18N4O3/c1-9(2)15-13(19)8-12-16-17-14(20)18(12)10-5-4-6-11(7-10)21-3/h4-7,9H,8H2,1-3H3,(H,15,19)(H,17,20). The molecule has 1 heterocycles. The number of hydrogen-bond acceptors (Lipinski definition) is 4. The number of ether oxygens (including phenoxy) is 1. The van der Waals surface area contributed by atoms with Gasteiger partial charge in [0.2, 0.25) is 5.91 Å². The van der Waals surface area contributed by atoms with E-state index in [2.05, 4.69) is 15.5 Å². The number of H-pyrrole nitrogens is 1. The molecular weight excluding hydrogens is 272 g/mol. The predicted octanol–water partition coefficient (Wildman–Crippen LogP) is 0.636. The van der Waals surface area contributed by atoms with Crippen molar-refractivity contribution < 1.29 is 9.53 Å². The minimum Gasteiger partial charge on any atom is -0.497 e. The Labute approximate surface area is 121 Å². The molecule has 0 saturated carbocycles. The van der Waals surface area contributed by atoms with Gasteiger partial charge in [0.15, 0.2) is 0 Å². The molecule has 2 rings (SSSR count). The molecule has 0 aliphatic carbocycles. The molecule has 7 heteroatoms. The highest BCUT2D eigenvalue weighted by Gasteiger charge is 2.15. The lowest BCUT2D eigenvalue weighted by Crippen LogP contribution is -2.32. The summed E-state index contributed by atoms with van der Waals surface area (Å²) in [6.07, 6.45) is 0.0220. The Morgan fingerprint density at radius 1 is 1.48 bits per heavy atom. The van der Waals surface area contributed by atoms with Crippen molar-refractivity contribution in [2.75, 3.05) is 7.11 Å². The first-order chi connectivity index (χ1) is 10.0. The number of aromatic nitrogens is 3. The highest BCUT2D eigenvalue weighted by molar-refractivity contribution is 5.78. The van der Waals surface area contributed by atoms with E-state index in [1.54, 1.807) is 31.4 Å². The maximum absolute atomic E-state index is 11.9. The highest BCUT2D eigenvalue weighted by atomic mass is 16.5. The molecular formula is C14H18N4O3. The van der Waals surface area contributed by atoms with Crippen molar-refractivity contribution in [3.8, 4) is 11.4 Å². The first kappa shape index (κ1) is 14.8. The van der Waals surface area contributed by atoms with Crippen LogP contribution in [0.2, 0.25) is 0 Å². The molecule has 0 fully saturated rings. The van der Waals surface area contributed by atoms with Gasteiger partial charge in [0.1, 0.15) is 11.6 Å². The lowest BCUT2D eigenvalue weighted by atomic mass is 10.2. The van der Waals surface area contributed by atoms with Crippen LogP contribution in [0.5, 0.6) is 5.75 Å². The van der Waals surface area contributed by atoms with Crippen LogP contribution < -0.4 is 15.7 Å². The van der Waals surface area contributed by atoms with Gasteiger partial charge < -0.3 is 10.1 Å². The monoisotopic (exact) mass is 290 g/mol. The van der Waals surface area contributed by atoms with E-state index in [0.29, 0.717) is 17.3 Å². The molecule has 0 aliphatic rings. The fourth-order valence-corrected chi connectivity index (χ4v) is 1.98. The quantitative estimate of drug-likeness (QED) is 0.845. The summed E-state index contributed by atoms with van der Waals surface area (Å²) in [6, 6.07) is 7.04. The SMILES string of the molecule is COc1cccc(-n2c(CC(=O)NC(C)C)n[nH]c2=O)c1. The van der Waals surface area contributed by atoms with Crippen LogP contribution in [0.15, 0.2) is 29.1 Å². The van der Waals surface area contributed by atoms with E-state index in [-0.39, 0.29) is 18.4 Å². The summed E-state index contributed by atoms with van der Waals surface area (Å²) in [4.78, 5) is 23.7. The van der Waals surface area contributed by atoms with Gasteiger partial charge in [-0.1, -0.05) is 6.07 Å². The molecule has 1 amide bonds. The van der Waals surface area contributed by atoms with Gasteiger partial charge in [0.05, 0.1) is 19.2 Å². The second-order valence-corrected chi connectivity index (χ2v) is 4.88. The van der Waals surface area contributed by atoms with Crippen molar-refractivity contribution >= 4 is 5.91 Å². The first-order valence-corrected chi connectivity index (χ1v) is 6.61. The minimum atomic E-state index is -0.393. The van der Waals surface area contributed by atoms with Gasteiger partial charge in [-0.25, -0.2) is 14.5 Å². The molecule has 0 atom stereocenters. The average Bonchev–Trinajstić information content (AvgIpc) is 2.78. The van der Waals surface area contributed by atoms with Crippen LogP contribution in [-0.4, -0.2) is 33.8 Å². The Morgan fingerprint density at radius 3 is 2.90 bits per heavy atom. The number of nitrogens with one attached hydrogen (secondary N) is 2. The number of aromatic amines is 1. The lowest BCUT2D eigenvalue weighted by Gasteiger charge is -2.09. The number of rotatable bonds is 5. The summed E-state index contributed by atoms with van der Waals surface area (Å²) in [7, 11) is 1.55. The summed E-state index contributed by atoms with van der Waals surface area (Å²) >= 11 is 0. The number of amides is 1. The third-order valence-corrected chi connectivity index (χ3v) is 2.82. The smallest absolute Gasteiger partial charge is 0.347 e. The molecule has 1 aromatic heterocycles. The van der Waals surface area contributed by atoms with Crippen LogP contribution in [0.25, 0.3) is 5.69 Å². The maximum Gasteiger partial charge on any atom is 0.347 e. The van der Waals surface area contributed by atoms with E-state index >= 15 is 0 Å². The van der Waals surface area contributed by atoms with Crippen molar-refractivity contribution in [3.05, 3.63) is 40.6 Å². The van der Waals surface area contributed by atoms with E-state index in [9.17, 15) is 9.59 Å². The second kappa shape index (κ2) is 6.25. The normalized spacial score (nSPS) is 10.7. The summed E-state index contributed by atoms with van der Waals surface area (Å²) in [5.74, 6) is 0.790. The summed E-state index contributed by atoms with van der Waals surface area (Å²) in [5, 5.41) is 9.06. The summed E-state index contributed by atoms with van der Waals surface area (Å²) < 4.78 is 6.50. The number of hydrogen-bond donors (Lipinski definition) is 2. The average molecular weight is 290 g/mol. The van der Waals surface area contributed by atoms with Crippen LogP contribution in [0, 0.1) is 0 Å². The Hall–Kier alpha value is -2.57. The molecule has 21 heavy (non-hydrogen) atoms. The molecule has 2 N–H and O–H groups in total. The molecule has 0 radical (unpaired) electrons. The first-order valence-electron chi connectivity index (χ1n) is 6.61. The van der Waals surface area contributed by atoms with Crippen LogP contribution in [0.1, 0.15) is 19.7 Å². The molecule has 0 unspecified atom stereocenters. The van der Waals surface area contributed by atoms with Crippen LogP contribution in [-0.2, 0) is 11.2 Å². The number of benzene rings is 1. The number of carbonyl (C=O) groups is 1. The third kappa shape index (κ3) is 3.50. The maximum atomic E-state index is 11.9. The van der Waals surface area contributed by atoms with Crippen molar-refractivity contribution in [1.29, 1.82) is 0 Å². The highest BCUT2D eigenvalue weighted by Crippen LogP contribution is 2.16. The van der Waals surface area contributed by atoms with Crippen LogP contribution in [0.4, 0.5) is 0 Å². The largest absolute Gasteiger partial charge is 0.497 e. The van der Waals surface area contributed by atoms with Crippen molar-refractivity contribution in [3.63, 3.8) is 0 Å². The van der Waals surface area contributed by atoms with E-state index in [1.165, 1.54) is 4.57 Å². The number of methoxy groups -OCH3 is 1. The summed E-state index contributed by atoms with van der Waals surface area (Å²) in [6.45, 7) is 3.75. The van der Waals surface area contributed by atoms with E-state index in [0.717, 1.165) is 0 Å². The Bertz CT molecular complexity index is 688. The molecule has 2 aromatic rings. The molecule has 7 nitrogen and oxygen atoms in total. The fraction of sp³-hybridized carbons (Fsp3) is 0.357. The fourth-order valence-electron chi connectivity index (χ4n) is 1.98. The predicted molar refractivity (Wildman–Crippen MR) is 77.7 cm³/mol. The Morgan fingerprint density at radius 2 is 2.24 bits per heavy atom. The van der Waals surface area contributed by atoms with Gasteiger partial charge in [-0.2, -0.15) is 5.10 Å². The summed E-state index contributed by atoms with van der Waals surface area (Å²) in [5.41, 5.74) is 0.205. The zero-order chi connectivity index (χ0) is 15.4. The van der Waals surface area contributed by atoms with Crippen molar-refractivity contribution in [2.45, 2.75) is 26.3 Å². The second-order valence-electron chi connectivity index (χ2n) is 4.88. The van der Waals surface area contributed by atoms with Gasteiger partial charge >= 0.3 is 5.69 Å². The number of carbonyl (C=O) groups excluding carboxylic acids is 1. The number of nitrogens with zero attached hydrogens (tertiary/aromatic N) is 2. The topological polar surface area (TPSA) is 89.0 Å². The van der Waals surface area contributed by atoms with E-state index in [1.807, 2.05) is 13.8 Å². The van der Waals surface area contributed by atoms with Gasteiger partial charge in [-0.15, -0.1) is 0 Å². The van der Waals surface area contributed by atoms with Crippen LogP contribution in [0.3, 0.4) is 0 Å². The van der Waals surface area contributed by atoms with Crippen molar-refractivity contribution in [1.82, 2.24) is 20.1 Å². The van der Waals surface area contributed by atoms with Gasteiger partial charge in [0.25, 0.3) is 0 Å². The minimum absolute atomic E-state index is 0.0220. The van der Waals surface area contributed by atoms with Gasteiger partial charge in [-0.05, 0) is 26.0 Å². The van der Waals surface area contributed by atoms with Gasteiger partial charge in [0, 0.05) is 12.1 Å². The Balaban J connectivity index is 2.34. The zero-order valence-electron chi connectivity index (χ0n) is 12.2. The van der Waals surface area contributed by atoms with Crippen molar-refractivity contribution in [2.24, 2.45) is 0 Å². The third-order valence-electron chi connectivity index (χ3n) is 2.82. The van der Waals surface area contributed by atoms with Crippen LogP contribution >= 0.6 is 0 Å². The molecule has 112 valence electrons. The van der Waals surface area contributed by atoms with Gasteiger partial charge in [-0.3, -0.25) is 4.79 Å². The molecule has 1 aromatic carbocycles. The van der Waals surface area contributed by atoms with E-state index < -0.39 is 5.69 Å². The molecule has 0 aliphatic heterocycles. The lowest BCUT2D eigenvalue weighted by molar-refractivity contribution is -0.121.